The van der Waals surface area contributed by atoms with E-state index in [-0.39, 0.29) is 0 Å². The molecular formula is C10H9ClN4. The molecule has 0 aromatic carbocycles. The Balaban J connectivity index is 2.58. The SMILES string of the molecule is CCc1c(Cl)ncnc1-c1cnccn1. The van der Waals surface area contributed by atoms with Crippen molar-refractivity contribution in [1.29, 1.82) is 0 Å². The Morgan fingerprint density at radius 1 is 1.20 bits per heavy atom. The number of aromatic nitrogens is 4. The molecule has 2 rings (SSSR count). The van der Waals surface area contributed by atoms with Gasteiger partial charge in [0.2, 0.25) is 0 Å². The first-order valence-corrected chi connectivity index (χ1v) is 4.96. The quantitative estimate of drug-likeness (QED) is 0.728. The maximum Gasteiger partial charge on any atom is 0.136 e. The molecule has 0 atom stereocenters. The minimum absolute atomic E-state index is 0.480. The molecule has 0 aliphatic rings. The van der Waals surface area contributed by atoms with E-state index in [2.05, 4.69) is 19.9 Å². The molecule has 0 aliphatic carbocycles. The van der Waals surface area contributed by atoms with E-state index in [1.165, 1.54) is 6.33 Å². The van der Waals surface area contributed by atoms with Crippen molar-refractivity contribution in [3.8, 4) is 11.4 Å². The van der Waals surface area contributed by atoms with E-state index in [1.54, 1.807) is 18.6 Å². The molecule has 2 heterocycles. The van der Waals surface area contributed by atoms with Crippen molar-refractivity contribution in [2.45, 2.75) is 13.3 Å². The number of hydrogen-bond donors (Lipinski definition) is 0. The van der Waals surface area contributed by atoms with Crippen LogP contribution < -0.4 is 0 Å². The fraction of sp³-hybridized carbons (Fsp3) is 0.200. The van der Waals surface area contributed by atoms with Gasteiger partial charge in [0, 0.05) is 18.0 Å². The van der Waals surface area contributed by atoms with Crippen LogP contribution in [0.3, 0.4) is 0 Å². The summed E-state index contributed by atoms with van der Waals surface area (Å²) in [6, 6.07) is 0. The van der Waals surface area contributed by atoms with Gasteiger partial charge in [-0.3, -0.25) is 9.97 Å². The average Bonchev–Trinajstić information content (AvgIpc) is 2.30. The maximum absolute atomic E-state index is 5.98. The van der Waals surface area contributed by atoms with Crippen LogP contribution in [0, 0.1) is 0 Å². The van der Waals surface area contributed by atoms with Crippen molar-refractivity contribution >= 4 is 11.6 Å². The summed E-state index contributed by atoms with van der Waals surface area (Å²) < 4.78 is 0. The third kappa shape index (κ3) is 1.94. The summed E-state index contributed by atoms with van der Waals surface area (Å²) in [6.45, 7) is 2.00. The Labute approximate surface area is 92.4 Å². The first-order chi connectivity index (χ1) is 7.33. The highest BCUT2D eigenvalue weighted by molar-refractivity contribution is 6.30. The normalized spacial score (nSPS) is 10.3. The largest absolute Gasteiger partial charge is 0.261 e. The van der Waals surface area contributed by atoms with E-state index in [0.29, 0.717) is 5.15 Å². The van der Waals surface area contributed by atoms with Crippen LogP contribution in [-0.2, 0) is 6.42 Å². The van der Waals surface area contributed by atoms with Crippen molar-refractivity contribution in [2.75, 3.05) is 0 Å². The Kier molecular flexibility index (Phi) is 2.87. The average molecular weight is 221 g/mol. The van der Waals surface area contributed by atoms with Gasteiger partial charge < -0.3 is 0 Å². The van der Waals surface area contributed by atoms with Crippen LogP contribution in [0.1, 0.15) is 12.5 Å². The Morgan fingerprint density at radius 2 is 2.07 bits per heavy atom. The molecule has 0 radical (unpaired) electrons. The van der Waals surface area contributed by atoms with Crippen LogP contribution in [0.2, 0.25) is 5.15 Å². The molecule has 2 aromatic heterocycles. The number of nitrogens with zero attached hydrogens (tertiary/aromatic N) is 4. The Morgan fingerprint density at radius 3 is 2.73 bits per heavy atom. The molecule has 0 bridgehead atoms. The fourth-order valence-corrected chi connectivity index (χ4v) is 1.61. The van der Waals surface area contributed by atoms with E-state index in [9.17, 15) is 0 Å². The third-order valence-corrected chi connectivity index (χ3v) is 2.38. The van der Waals surface area contributed by atoms with E-state index in [0.717, 1.165) is 23.4 Å². The Bertz CT molecular complexity index is 458. The highest BCUT2D eigenvalue weighted by Gasteiger charge is 2.10. The molecular weight excluding hydrogens is 212 g/mol. The molecule has 0 unspecified atom stereocenters. The van der Waals surface area contributed by atoms with Gasteiger partial charge in [0.05, 0.1) is 11.9 Å². The zero-order chi connectivity index (χ0) is 10.7. The molecule has 0 aliphatic heterocycles. The monoisotopic (exact) mass is 220 g/mol. The standard InChI is InChI=1S/C10H9ClN4/c1-2-7-9(14-6-15-10(7)11)8-5-12-3-4-13-8/h3-6H,2H2,1H3. The topological polar surface area (TPSA) is 51.6 Å². The van der Waals surface area contributed by atoms with Crippen LogP contribution in [0.5, 0.6) is 0 Å². The van der Waals surface area contributed by atoms with Gasteiger partial charge in [-0.15, -0.1) is 0 Å². The fourth-order valence-electron chi connectivity index (χ4n) is 1.35. The van der Waals surface area contributed by atoms with Crippen LogP contribution in [-0.4, -0.2) is 19.9 Å². The van der Waals surface area contributed by atoms with Crippen molar-refractivity contribution in [2.24, 2.45) is 0 Å². The van der Waals surface area contributed by atoms with Crippen LogP contribution in [0.25, 0.3) is 11.4 Å². The molecule has 0 spiro atoms. The third-order valence-electron chi connectivity index (χ3n) is 2.05. The Hall–Kier alpha value is -1.55. The van der Waals surface area contributed by atoms with Gasteiger partial charge in [-0.1, -0.05) is 18.5 Å². The van der Waals surface area contributed by atoms with E-state index < -0.39 is 0 Å². The summed E-state index contributed by atoms with van der Waals surface area (Å²) in [5.74, 6) is 0. The van der Waals surface area contributed by atoms with E-state index in [4.69, 9.17) is 11.6 Å². The number of rotatable bonds is 2. The van der Waals surface area contributed by atoms with Crippen LogP contribution in [0.15, 0.2) is 24.9 Å². The second-order valence-corrected chi connectivity index (χ2v) is 3.29. The highest BCUT2D eigenvalue weighted by atomic mass is 35.5. The number of hydrogen-bond acceptors (Lipinski definition) is 4. The number of halogens is 1. The first kappa shape index (κ1) is 9.98. The van der Waals surface area contributed by atoms with Gasteiger partial charge in [0.1, 0.15) is 17.2 Å². The summed E-state index contributed by atoms with van der Waals surface area (Å²) in [5, 5.41) is 0.480. The predicted octanol–water partition coefficient (Wildman–Crippen LogP) is 2.15. The summed E-state index contributed by atoms with van der Waals surface area (Å²) in [4.78, 5) is 16.3. The summed E-state index contributed by atoms with van der Waals surface area (Å²) >= 11 is 5.98. The molecule has 0 saturated heterocycles. The minimum atomic E-state index is 0.480. The second kappa shape index (κ2) is 4.31. The van der Waals surface area contributed by atoms with Gasteiger partial charge in [0.15, 0.2) is 0 Å². The van der Waals surface area contributed by atoms with E-state index in [1.807, 2.05) is 6.92 Å². The van der Waals surface area contributed by atoms with E-state index >= 15 is 0 Å². The smallest absolute Gasteiger partial charge is 0.136 e. The summed E-state index contributed by atoms with van der Waals surface area (Å²) in [6.07, 6.45) is 7.12. The molecule has 0 fully saturated rings. The van der Waals surface area contributed by atoms with Gasteiger partial charge in [0.25, 0.3) is 0 Å². The van der Waals surface area contributed by atoms with Gasteiger partial charge in [-0.25, -0.2) is 9.97 Å². The van der Waals surface area contributed by atoms with Crippen LogP contribution >= 0.6 is 11.6 Å². The maximum atomic E-state index is 5.98. The zero-order valence-electron chi connectivity index (χ0n) is 8.18. The first-order valence-electron chi connectivity index (χ1n) is 4.58. The molecule has 4 nitrogen and oxygen atoms in total. The molecule has 0 amide bonds. The second-order valence-electron chi connectivity index (χ2n) is 2.94. The molecule has 76 valence electrons. The van der Waals surface area contributed by atoms with Gasteiger partial charge >= 0.3 is 0 Å². The van der Waals surface area contributed by atoms with Crippen molar-refractivity contribution in [3.63, 3.8) is 0 Å². The highest BCUT2D eigenvalue weighted by Crippen LogP contribution is 2.23. The lowest BCUT2D eigenvalue weighted by Crippen LogP contribution is -1.97. The minimum Gasteiger partial charge on any atom is -0.261 e. The summed E-state index contributed by atoms with van der Waals surface area (Å²) in [5.41, 5.74) is 2.38. The van der Waals surface area contributed by atoms with Crippen LogP contribution in [0.4, 0.5) is 0 Å². The molecule has 5 heteroatoms. The molecule has 0 N–H and O–H groups in total. The van der Waals surface area contributed by atoms with Crippen molar-refractivity contribution in [3.05, 3.63) is 35.6 Å². The molecule has 2 aromatic rings. The zero-order valence-corrected chi connectivity index (χ0v) is 8.94. The summed E-state index contributed by atoms with van der Waals surface area (Å²) in [7, 11) is 0. The molecule has 15 heavy (non-hydrogen) atoms. The van der Waals surface area contributed by atoms with Crippen molar-refractivity contribution < 1.29 is 0 Å². The lowest BCUT2D eigenvalue weighted by Gasteiger charge is -2.05. The van der Waals surface area contributed by atoms with Crippen molar-refractivity contribution in [1.82, 2.24) is 19.9 Å². The lowest BCUT2D eigenvalue weighted by atomic mass is 10.1. The van der Waals surface area contributed by atoms with Gasteiger partial charge in [-0.2, -0.15) is 0 Å². The predicted molar refractivity (Wildman–Crippen MR) is 57.4 cm³/mol. The lowest BCUT2D eigenvalue weighted by molar-refractivity contribution is 1.04. The van der Waals surface area contributed by atoms with Gasteiger partial charge in [-0.05, 0) is 6.42 Å². The molecule has 0 saturated carbocycles.